The number of aromatic hydroxyl groups is 1. The first kappa shape index (κ1) is 17.6. The average Bonchev–Trinajstić information content (AvgIpc) is 2.53. The zero-order valence-electron chi connectivity index (χ0n) is 12.2. The van der Waals surface area contributed by atoms with Crippen LogP contribution in [0.15, 0.2) is 41.5 Å². The summed E-state index contributed by atoms with van der Waals surface area (Å²) in [5, 5.41) is 14.4. The predicted molar refractivity (Wildman–Crippen MR) is 98.5 cm³/mol. The largest absolute Gasteiger partial charge is 0.504 e. The highest BCUT2D eigenvalue weighted by Gasteiger charge is 2.08. The Hall–Kier alpha value is -1.80. The molecule has 0 aromatic heterocycles. The van der Waals surface area contributed by atoms with Crippen LogP contribution in [0.4, 0.5) is 0 Å². The zero-order chi connectivity index (χ0) is 16.8. The molecule has 0 bridgehead atoms. The van der Waals surface area contributed by atoms with Crippen LogP contribution in [0.5, 0.6) is 11.5 Å². The molecule has 1 amide bonds. The Bertz CT molecular complexity index is 733. The summed E-state index contributed by atoms with van der Waals surface area (Å²) >= 11 is 7.78. The fraction of sp³-hybridized carbons (Fsp3) is 0.125. The third-order valence-corrected chi connectivity index (χ3v) is 3.91. The number of rotatable bonds is 5. The lowest BCUT2D eigenvalue weighted by Gasteiger charge is -2.08. The van der Waals surface area contributed by atoms with Crippen molar-refractivity contribution in [1.29, 1.82) is 0 Å². The molecular weight excluding hydrogens is 431 g/mol. The van der Waals surface area contributed by atoms with Crippen LogP contribution in [0.3, 0.4) is 0 Å². The highest BCUT2D eigenvalue weighted by molar-refractivity contribution is 14.1. The van der Waals surface area contributed by atoms with Gasteiger partial charge in [-0.1, -0.05) is 11.6 Å². The molecule has 2 aromatic carbocycles. The number of hydrazone groups is 1. The maximum absolute atomic E-state index is 11.9. The molecule has 2 rings (SSSR count). The summed E-state index contributed by atoms with van der Waals surface area (Å²) in [5.74, 6) is 0.135. The summed E-state index contributed by atoms with van der Waals surface area (Å²) in [5.41, 5.74) is 3.60. The van der Waals surface area contributed by atoms with Crippen LogP contribution in [0.1, 0.15) is 22.8 Å². The lowest BCUT2D eigenvalue weighted by atomic mass is 10.2. The SMILES string of the molecule is CCOc1cc(/C=N/NC(=O)c2ccc(Cl)cc2)cc(I)c1O. The molecule has 23 heavy (non-hydrogen) atoms. The Morgan fingerprint density at radius 1 is 1.39 bits per heavy atom. The molecule has 0 aliphatic carbocycles. The van der Waals surface area contributed by atoms with E-state index in [2.05, 4.69) is 10.5 Å². The summed E-state index contributed by atoms with van der Waals surface area (Å²) in [7, 11) is 0. The first-order valence-corrected chi connectivity index (χ1v) is 8.21. The highest BCUT2D eigenvalue weighted by Crippen LogP contribution is 2.32. The van der Waals surface area contributed by atoms with Crippen LogP contribution in [0.25, 0.3) is 0 Å². The number of carbonyl (C=O) groups is 1. The van der Waals surface area contributed by atoms with Gasteiger partial charge >= 0.3 is 0 Å². The van der Waals surface area contributed by atoms with Gasteiger partial charge in [0.05, 0.1) is 16.4 Å². The molecule has 0 spiro atoms. The van der Waals surface area contributed by atoms with Crippen LogP contribution in [-0.2, 0) is 0 Å². The van der Waals surface area contributed by atoms with Gasteiger partial charge in [0.1, 0.15) is 0 Å². The van der Waals surface area contributed by atoms with Crippen molar-refractivity contribution in [3.8, 4) is 11.5 Å². The second-order valence-corrected chi connectivity index (χ2v) is 6.09. The second-order valence-electron chi connectivity index (χ2n) is 4.49. The molecule has 2 aromatic rings. The van der Waals surface area contributed by atoms with Crippen LogP contribution in [-0.4, -0.2) is 23.8 Å². The fourth-order valence-electron chi connectivity index (χ4n) is 1.77. The van der Waals surface area contributed by atoms with E-state index in [1.54, 1.807) is 36.4 Å². The molecule has 0 heterocycles. The van der Waals surface area contributed by atoms with Crippen LogP contribution in [0, 0.1) is 3.57 Å². The van der Waals surface area contributed by atoms with Gasteiger partial charge in [-0.25, -0.2) is 5.43 Å². The maximum Gasteiger partial charge on any atom is 0.271 e. The number of nitrogens with zero attached hydrogens (tertiary/aromatic N) is 1. The Morgan fingerprint density at radius 2 is 2.09 bits per heavy atom. The summed E-state index contributed by atoms with van der Waals surface area (Å²) in [6, 6.07) is 9.89. The standard InChI is InChI=1S/C16H14ClIN2O3/c1-2-23-14-8-10(7-13(18)15(14)21)9-19-20-16(22)11-3-5-12(17)6-4-11/h3-9,21H,2H2,1H3,(H,20,22)/b19-9+. The number of carbonyl (C=O) groups excluding carboxylic acids is 1. The molecule has 0 atom stereocenters. The van der Waals surface area contributed by atoms with Gasteiger partial charge in [0.2, 0.25) is 0 Å². The number of nitrogens with one attached hydrogen (secondary N) is 1. The first-order chi connectivity index (χ1) is 11.0. The fourth-order valence-corrected chi connectivity index (χ4v) is 2.52. The number of phenols is 1. The average molecular weight is 445 g/mol. The van der Waals surface area contributed by atoms with E-state index in [4.69, 9.17) is 16.3 Å². The van der Waals surface area contributed by atoms with E-state index in [9.17, 15) is 9.90 Å². The predicted octanol–water partition coefficient (Wildman–Crippen LogP) is 3.81. The summed E-state index contributed by atoms with van der Waals surface area (Å²) in [6.45, 7) is 2.27. The van der Waals surface area contributed by atoms with Crippen molar-refractivity contribution in [3.63, 3.8) is 0 Å². The van der Waals surface area contributed by atoms with Crippen molar-refractivity contribution < 1.29 is 14.6 Å². The van der Waals surface area contributed by atoms with Gasteiger partial charge in [0.15, 0.2) is 11.5 Å². The molecule has 0 aliphatic heterocycles. The topological polar surface area (TPSA) is 70.9 Å². The van der Waals surface area contributed by atoms with Crippen molar-refractivity contribution in [2.45, 2.75) is 6.92 Å². The number of amides is 1. The van der Waals surface area contributed by atoms with Gasteiger partial charge in [0.25, 0.3) is 5.91 Å². The quantitative estimate of drug-likeness (QED) is 0.418. The van der Waals surface area contributed by atoms with E-state index in [1.807, 2.05) is 29.5 Å². The molecule has 0 fully saturated rings. The van der Waals surface area contributed by atoms with Crippen molar-refractivity contribution in [2.75, 3.05) is 6.61 Å². The zero-order valence-corrected chi connectivity index (χ0v) is 15.1. The Labute approximate surface area is 152 Å². The van der Waals surface area contributed by atoms with Gasteiger partial charge in [-0.15, -0.1) is 0 Å². The second kappa shape index (κ2) is 8.16. The third kappa shape index (κ3) is 4.84. The molecular formula is C16H14ClIN2O3. The van der Waals surface area contributed by atoms with E-state index < -0.39 is 0 Å². The van der Waals surface area contributed by atoms with Crippen molar-refractivity contribution >= 4 is 46.3 Å². The van der Waals surface area contributed by atoms with Gasteiger partial charge in [-0.2, -0.15) is 5.10 Å². The summed E-state index contributed by atoms with van der Waals surface area (Å²) < 4.78 is 5.99. The van der Waals surface area contributed by atoms with Gasteiger partial charge in [0, 0.05) is 10.6 Å². The van der Waals surface area contributed by atoms with E-state index >= 15 is 0 Å². The molecule has 0 saturated carbocycles. The highest BCUT2D eigenvalue weighted by atomic mass is 127. The monoisotopic (exact) mass is 444 g/mol. The molecule has 0 radical (unpaired) electrons. The van der Waals surface area contributed by atoms with Crippen molar-refractivity contribution in [3.05, 3.63) is 56.1 Å². The number of ether oxygens (including phenoxy) is 1. The van der Waals surface area contributed by atoms with E-state index in [0.717, 1.165) is 0 Å². The minimum absolute atomic E-state index is 0.0924. The number of halogens is 2. The number of hydrogen-bond acceptors (Lipinski definition) is 4. The van der Waals surface area contributed by atoms with Gasteiger partial charge in [-0.05, 0) is 71.5 Å². The maximum atomic E-state index is 11.9. The van der Waals surface area contributed by atoms with Crippen molar-refractivity contribution in [2.24, 2.45) is 5.10 Å². The molecule has 0 aliphatic rings. The number of benzene rings is 2. The Morgan fingerprint density at radius 3 is 2.74 bits per heavy atom. The van der Waals surface area contributed by atoms with E-state index in [-0.39, 0.29) is 11.7 Å². The number of phenolic OH excluding ortho intramolecular Hbond substituents is 1. The summed E-state index contributed by atoms with van der Waals surface area (Å²) in [4.78, 5) is 11.9. The molecule has 0 saturated heterocycles. The molecule has 120 valence electrons. The van der Waals surface area contributed by atoms with Crippen molar-refractivity contribution in [1.82, 2.24) is 5.43 Å². The first-order valence-electron chi connectivity index (χ1n) is 6.75. The summed E-state index contributed by atoms with van der Waals surface area (Å²) in [6.07, 6.45) is 1.48. The van der Waals surface area contributed by atoms with Crippen LogP contribution in [0.2, 0.25) is 5.02 Å². The van der Waals surface area contributed by atoms with Gasteiger partial charge in [-0.3, -0.25) is 4.79 Å². The van der Waals surface area contributed by atoms with Gasteiger partial charge < -0.3 is 9.84 Å². The van der Waals surface area contributed by atoms with Crippen LogP contribution >= 0.6 is 34.2 Å². The Kier molecular flexibility index (Phi) is 6.23. The normalized spacial score (nSPS) is 10.7. The molecule has 5 nitrogen and oxygen atoms in total. The lowest BCUT2D eigenvalue weighted by molar-refractivity contribution is 0.0955. The van der Waals surface area contributed by atoms with E-state index in [1.165, 1.54) is 6.21 Å². The molecule has 7 heteroatoms. The molecule has 0 unspecified atom stereocenters. The minimum Gasteiger partial charge on any atom is -0.504 e. The number of hydrogen-bond donors (Lipinski definition) is 2. The molecule has 2 N–H and O–H groups in total. The minimum atomic E-state index is -0.337. The smallest absolute Gasteiger partial charge is 0.271 e. The third-order valence-electron chi connectivity index (χ3n) is 2.84. The van der Waals surface area contributed by atoms with Crippen LogP contribution < -0.4 is 10.2 Å². The Balaban J connectivity index is 2.08. The van der Waals surface area contributed by atoms with E-state index in [0.29, 0.717) is 32.1 Å². The lowest BCUT2D eigenvalue weighted by Crippen LogP contribution is -2.17.